The van der Waals surface area contributed by atoms with E-state index in [9.17, 15) is 4.57 Å². The van der Waals surface area contributed by atoms with Crippen molar-refractivity contribution in [1.82, 2.24) is 0 Å². The minimum absolute atomic E-state index is 0.203. The summed E-state index contributed by atoms with van der Waals surface area (Å²) < 4.78 is 32.3. The Morgan fingerprint density at radius 3 is 2.09 bits per heavy atom. The normalized spacial score (nSPS) is 20.5. The highest BCUT2D eigenvalue weighted by Gasteiger charge is 2.42. The van der Waals surface area contributed by atoms with E-state index in [0.717, 1.165) is 22.3 Å². The monoisotopic (exact) mass is 444 g/mol. The average Bonchev–Trinajstić information content (AvgIpc) is 2.82. The van der Waals surface area contributed by atoms with Crippen LogP contribution in [0.25, 0.3) is 10.9 Å². The zero-order valence-electron chi connectivity index (χ0n) is 18.2. The number of ether oxygens (including phenoxy) is 1. The molecule has 5 rings (SSSR count). The molecule has 2 heterocycles. The SMILES string of the molecule is CC1(C)COP(=O)(/C(=C2\C=C(c3ccccc3)c3ccccc3O2)c2ccccc2)OC1. The van der Waals surface area contributed by atoms with Crippen molar-refractivity contribution in [3.63, 3.8) is 0 Å². The van der Waals surface area contributed by atoms with E-state index in [2.05, 4.69) is 12.1 Å². The van der Waals surface area contributed by atoms with Crippen molar-refractivity contribution in [3.05, 3.63) is 113 Å². The van der Waals surface area contributed by atoms with Crippen molar-refractivity contribution in [2.45, 2.75) is 13.8 Å². The first-order chi connectivity index (χ1) is 15.5. The third-order valence-corrected chi connectivity index (χ3v) is 7.53. The first-order valence-electron chi connectivity index (χ1n) is 10.7. The van der Waals surface area contributed by atoms with Crippen LogP contribution in [0, 0.1) is 5.41 Å². The van der Waals surface area contributed by atoms with Gasteiger partial charge in [-0.2, -0.15) is 0 Å². The van der Waals surface area contributed by atoms with E-state index < -0.39 is 7.60 Å². The second-order valence-electron chi connectivity index (χ2n) is 8.81. The van der Waals surface area contributed by atoms with Crippen molar-refractivity contribution >= 4 is 18.5 Å². The summed E-state index contributed by atoms with van der Waals surface area (Å²) in [6.45, 7) is 4.76. The van der Waals surface area contributed by atoms with E-state index in [4.69, 9.17) is 13.8 Å². The molecule has 0 unspecified atom stereocenters. The molecular formula is C27H25O4P. The molecule has 0 radical (unpaired) electrons. The quantitative estimate of drug-likeness (QED) is 0.403. The van der Waals surface area contributed by atoms with Crippen LogP contribution in [0.15, 0.2) is 96.8 Å². The Labute approximate surface area is 188 Å². The Morgan fingerprint density at radius 1 is 0.812 bits per heavy atom. The molecule has 0 bridgehead atoms. The second-order valence-corrected chi connectivity index (χ2v) is 10.8. The summed E-state index contributed by atoms with van der Waals surface area (Å²) in [5.74, 6) is 1.19. The molecule has 0 aromatic heterocycles. The molecule has 162 valence electrons. The van der Waals surface area contributed by atoms with Crippen LogP contribution >= 0.6 is 7.60 Å². The highest BCUT2D eigenvalue weighted by atomic mass is 31.2. The molecule has 2 aliphatic rings. The van der Waals surface area contributed by atoms with Gasteiger partial charge in [-0.3, -0.25) is 4.57 Å². The molecule has 0 atom stereocenters. The fraction of sp³-hybridized carbons (Fsp3) is 0.185. The Kier molecular flexibility index (Phi) is 5.38. The van der Waals surface area contributed by atoms with Gasteiger partial charge in [0.05, 0.1) is 13.2 Å². The van der Waals surface area contributed by atoms with E-state index in [1.807, 2.05) is 92.7 Å². The molecular weight excluding hydrogens is 419 g/mol. The van der Waals surface area contributed by atoms with Gasteiger partial charge in [0, 0.05) is 11.0 Å². The summed E-state index contributed by atoms with van der Waals surface area (Å²) in [4.78, 5) is 0. The molecule has 4 nitrogen and oxygen atoms in total. The smallest absolute Gasteiger partial charge is 0.365 e. The third-order valence-electron chi connectivity index (χ3n) is 5.56. The number of para-hydroxylation sites is 1. The lowest BCUT2D eigenvalue weighted by Crippen LogP contribution is -2.29. The van der Waals surface area contributed by atoms with Crippen LogP contribution in [0.1, 0.15) is 30.5 Å². The van der Waals surface area contributed by atoms with Crippen LogP contribution in [-0.2, 0) is 13.6 Å². The van der Waals surface area contributed by atoms with Crippen LogP contribution in [0.3, 0.4) is 0 Å². The molecule has 5 heteroatoms. The Hall–Kier alpha value is -2.91. The molecule has 0 amide bonds. The fourth-order valence-corrected chi connectivity index (χ4v) is 6.08. The van der Waals surface area contributed by atoms with Gasteiger partial charge in [0.15, 0.2) is 0 Å². The van der Waals surface area contributed by atoms with Gasteiger partial charge in [-0.1, -0.05) is 92.7 Å². The molecule has 2 aliphatic heterocycles. The standard InChI is InChI=1S/C27H25O4P/c1-27(2)18-29-32(28,30-19-27)26(21-13-7-4-8-14-21)25-17-23(20-11-5-3-6-12-20)22-15-9-10-16-24(22)31-25/h3-17H,18-19H2,1-2H3/b26-25+. The van der Waals surface area contributed by atoms with Crippen molar-refractivity contribution in [2.24, 2.45) is 5.41 Å². The van der Waals surface area contributed by atoms with Crippen molar-refractivity contribution < 1.29 is 18.3 Å². The van der Waals surface area contributed by atoms with Gasteiger partial charge in [-0.15, -0.1) is 0 Å². The molecule has 3 aromatic rings. The van der Waals surface area contributed by atoms with Crippen LogP contribution in [0.2, 0.25) is 0 Å². The predicted molar refractivity (Wildman–Crippen MR) is 127 cm³/mol. The lowest BCUT2D eigenvalue weighted by molar-refractivity contribution is 0.0466. The van der Waals surface area contributed by atoms with Crippen LogP contribution in [0.5, 0.6) is 5.75 Å². The fourth-order valence-electron chi connectivity index (χ4n) is 3.87. The van der Waals surface area contributed by atoms with E-state index in [1.54, 1.807) is 0 Å². The zero-order valence-corrected chi connectivity index (χ0v) is 19.0. The van der Waals surface area contributed by atoms with Gasteiger partial charge in [-0.25, -0.2) is 0 Å². The lowest BCUT2D eigenvalue weighted by Gasteiger charge is -2.35. The maximum absolute atomic E-state index is 14.1. The van der Waals surface area contributed by atoms with Crippen molar-refractivity contribution in [3.8, 4) is 5.75 Å². The first-order valence-corrected chi connectivity index (χ1v) is 12.2. The summed E-state index contributed by atoms with van der Waals surface area (Å²) in [5, 5.41) is 0.455. The summed E-state index contributed by atoms with van der Waals surface area (Å²) in [7, 11) is -3.61. The van der Waals surface area contributed by atoms with Gasteiger partial charge in [0.25, 0.3) is 0 Å². The summed E-state index contributed by atoms with van der Waals surface area (Å²) in [6, 6.07) is 27.6. The molecule has 3 aromatic carbocycles. The molecule has 32 heavy (non-hydrogen) atoms. The zero-order chi connectivity index (χ0) is 22.2. The summed E-state index contributed by atoms with van der Waals surface area (Å²) >= 11 is 0. The van der Waals surface area contributed by atoms with E-state index in [1.165, 1.54) is 0 Å². The van der Waals surface area contributed by atoms with Crippen molar-refractivity contribution in [1.29, 1.82) is 0 Å². The highest BCUT2D eigenvalue weighted by Crippen LogP contribution is 2.65. The molecule has 0 spiro atoms. The lowest BCUT2D eigenvalue weighted by atomic mass is 9.94. The van der Waals surface area contributed by atoms with Crippen LogP contribution in [-0.4, -0.2) is 13.2 Å². The molecule has 1 fully saturated rings. The van der Waals surface area contributed by atoms with E-state index in [0.29, 0.717) is 30.0 Å². The van der Waals surface area contributed by atoms with Gasteiger partial charge in [0.2, 0.25) is 0 Å². The Morgan fingerprint density at radius 2 is 1.41 bits per heavy atom. The number of benzene rings is 3. The Bertz CT molecular complexity index is 1230. The first kappa shape index (κ1) is 21.0. The number of allylic oxidation sites excluding steroid dienone is 1. The number of rotatable bonds is 3. The molecule has 0 aliphatic carbocycles. The summed E-state index contributed by atoms with van der Waals surface area (Å²) in [6.07, 6.45) is 1.95. The molecule has 0 N–H and O–H groups in total. The third kappa shape index (κ3) is 3.98. The van der Waals surface area contributed by atoms with Crippen molar-refractivity contribution in [2.75, 3.05) is 13.2 Å². The maximum Gasteiger partial charge on any atom is 0.365 e. The minimum atomic E-state index is -3.61. The second kappa shape index (κ2) is 8.22. The van der Waals surface area contributed by atoms with E-state index in [-0.39, 0.29) is 5.41 Å². The minimum Gasteiger partial charge on any atom is -0.456 e. The number of hydrogen-bond donors (Lipinski definition) is 0. The Balaban J connectivity index is 1.73. The van der Waals surface area contributed by atoms with Gasteiger partial charge in [0.1, 0.15) is 16.8 Å². The van der Waals surface area contributed by atoms with Gasteiger partial charge >= 0.3 is 7.60 Å². The highest BCUT2D eigenvalue weighted by molar-refractivity contribution is 7.65. The average molecular weight is 444 g/mol. The maximum atomic E-state index is 14.1. The van der Waals surface area contributed by atoms with Gasteiger partial charge < -0.3 is 13.8 Å². The largest absolute Gasteiger partial charge is 0.456 e. The topological polar surface area (TPSA) is 44.8 Å². The van der Waals surface area contributed by atoms with Crippen LogP contribution in [0.4, 0.5) is 0 Å². The van der Waals surface area contributed by atoms with Crippen LogP contribution < -0.4 is 4.74 Å². The summed E-state index contributed by atoms with van der Waals surface area (Å²) in [5.41, 5.74) is 3.59. The number of hydrogen-bond acceptors (Lipinski definition) is 4. The predicted octanol–water partition coefficient (Wildman–Crippen LogP) is 7.15. The molecule has 0 saturated carbocycles. The van der Waals surface area contributed by atoms with Gasteiger partial charge in [-0.05, 0) is 28.8 Å². The number of fused-ring (bicyclic) bond motifs is 1. The van der Waals surface area contributed by atoms with E-state index >= 15 is 0 Å². The molecule has 1 saturated heterocycles.